The lowest BCUT2D eigenvalue weighted by molar-refractivity contribution is 0.410. The van der Waals surface area contributed by atoms with Gasteiger partial charge in [0.15, 0.2) is 0 Å². The predicted octanol–water partition coefficient (Wildman–Crippen LogP) is 6.75. The maximum absolute atomic E-state index is 6.37. The molecule has 0 N–H and O–H groups in total. The van der Waals surface area contributed by atoms with Crippen molar-refractivity contribution in [2.75, 3.05) is 0 Å². The summed E-state index contributed by atoms with van der Waals surface area (Å²) in [6.07, 6.45) is 2.94. The molecule has 1 aliphatic heterocycles. The fourth-order valence-corrected chi connectivity index (χ4v) is 3.99. The molecule has 0 saturated carbocycles. The van der Waals surface area contributed by atoms with E-state index in [-0.39, 0.29) is 5.41 Å². The van der Waals surface area contributed by atoms with Crippen LogP contribution >= 0.6 is 0 Å². The minimum Gasteiger partial charge on any atom is -0.456 e. The number of pyridine rings is 1. The maximum atomic E-state index is 6.37. The van der Waals surface area contributed by atoms with Crippen molar-refractivity contribution in [2.24, 2.45) is 5.41 Å². The van der Waals surface area contributed by atoms with E-state index >= 15 is 0 Å². The van der Waals surface area contributed by atoms with Gasteiger partial charge in [0, 0.05) is 22.7 Å². The first-order valence-electron chi connectivity index (χ1n) is 9.11. The molecule has 3 aromatic carbocycles. The molecule has 2 nitrogen and oxygen atoms in total. The number of hydrogen-bond donors (Lipinski definition) is 0. The van der Waals surface area contributed by atoms with Crippen molar-refractivity contribution >= 4 is 21.7 Å². The lowest BCUT2D eigenvalue weighted by atomic mass is 9.87. The van der Waals surface area contributed by atoms with Gasteiger partial charge < -0.3 is 4.74 Å². The summed E-state index contributed by atoms with van der Waals surface area (Å²) in [5.74, 6) is 1.85. The molecule has 0 fully saturated rings. The van der Waals surface area contributed by atoms with Crippen LogP contribution in [0, 0.1) is 5.41 Å². The van der Waals surface area contributed by atoms with Crippen LogP contribution in [-0.2, 0) is 6.42 Å². The molecule has 128 valence electrons. The summed E-state index contributed by atoms with van der Waals surface area (Å²) >= 11 is 0. The molecule has 0 spiro atoms. The zero-order chi connectivity index (χ0) is 17.9. The highest BCUT2D eigenvalue weighted by molar-refractivity contribution is 6.14. The highest BCUT2D eigenvalue weighted by atomic mass is 16.5. The van der Waals surface area contributed by atoms with E-state index in [0.717, 1.165) is 39.8 Å². The number of benzene rings is 3. The molecule has 4 aromatic rings. The summed E-state index contributed by atoms with van der Waals surface area (Å²) in [6, 6.07) is 19.2. The van der Waals surface area contributed by atoms with Crippen LogP contribution in [0.15, 0.2) is 60.8 Å². The first-order valence-corrected chi connectivity index (χ1v) is 9.11. The highest BCUT2D eigenvalue weighted by Crippen LogP contribution is 2.48. The molecule has 5 rings (SSSR count). The molecule has 0 radical (unpaired) electrons. The second-order valence-electron chi connectivity index (χ2n) is 8.35. The topological polar surface area (TPSA) is 22.1 Å². The number of hydrogen-bond acceptors (Lipinski definition) is 2. The highest BCUT2D eigenvalue weighted by Gasteiger charge is 2.23. The van der Waals surface area contributed by atoms with Crippen LogP contribution in [0.2, 0.25) is 0 Å². The van der Waals surface area contributed by atoms with Gasteiger partial charge in [0.1, 0.15) is 11.5 Å². The molecule has 1 aromatic heterocycles. The second kappa shape index (κ2) is 5.31. The number of nitrogens with zero attached hydrogens (tertiary/aromatic N) is 1. The van der Waals surface area contributed by atoms with Crippen LogP contribution in [0.1, 0.15) is 26.3 Å². The average Bonchev–Trinajstić information content (AvgIpc) is 2.60. The van der Waals surface area contributed by atoms with Crippen LogP contribution in [-0.4, -0.2) is 4.98 Å². The molecule has 0 saturated heterocycles. The van der Waals surface area contributed by atoms with Crippen LogP contribution < -0.4 is 4.74 Å². The number of fused-ring (bicyclic) bond motifs is 4. The predicted molar refractivity (Wildman–Crippen MR) is 108 cm³/mol. The van der Waals surface area contributed by atoms with E-state index in [4.69, 9.17) is 4.74 Å². The van der Waals surface area contributed by atoms with E-state index in [9.17, 15) is 0 Å². The van der Waals surface area contributed by atoms with Gasteiger partial charge in [0.05, 0.1) is 10.9 Å². The largest absolute Gasteiger partial charge is 0.456 e. The maximum Gasteiger partial charge on any atom is 0.138 e. The van der Waals surface area contributed by atoms with Crippen molar-refractivity contribution in [2.45, 2.75) is 27.2 Å². The van der Waals surface area contributed by atoms with Gasteiger partial charge in [-0.2, -0.15) is 0 Å². The van der Waals surface area contributed by atoms with Crippen LogP contribution in [0.3, 0.4) is 0 Å². The van der Waals surface area contributed by atoms with Crippen LogP contribution in [0.5, 0.6) is 11.5 Å². The van der Waals surface area contributed by atoms with Gasteiger partial charge in [0.2, 0.25) is 0 Å². The molecule has 2 heterocycles. The van der Waals surface area contributed by atoms with Crippen molar-refractivity contribution in [1.82, 2.24) is 4.98 Å². The SMILES string of the molecule is CC(C)(C)Cc1ccc2c(c1)Oc1cc3ccccc3c3nccc-2c13. The number of aromatic nitrogens is 1. The Morgan fingerprint density at radius 1 is 0.885 bits per heavy atom. The van der Waals surface area contributed by atoms with Crippen molar-refractivity contribution in [3.63, 3.8) is 0 Å². The van der Waals surface area contributed by atoms with Crippen molar-refractivity contribution in [3.05, 3.63) is 66.4 Å². The Balaban J connectivity index is 1.77. The Morgan fingerprint density at radius 2 is 1.73 bits per heavy atom. The number of ether oxygens (including phenoxy) is 1. The Labute approximate surface area is 153 Å². The van der Waals surface area contributed by atoms with Gasteiger partial charge in [-0.25, -0.2) is 0 Å². The molecule has 0 amide bonds. The van der Waals surface area contributed by atoms with Gasteiger partial charge in [-0.05, 0) is 41.0 Å². The van der Waals surface area contributed by atoms with Crippen molar-refractivity contribution in [3.8, 4) is 22.6 Å². The Morgan fingerprint density at radius 3 is 2.58 bits per heavy atom. The summed E-state index contributed by atoms with van der Waals surface area (Å²) in [5, 5.41) is 3.45. The smallest absolute Gasteiger partial charge is 0.138 e. The molecular formula is C24H21NO. The lowest BCUT2D eigenvalue weighted by Crippen LogP contribution is -2.09. The standard InChI is InChI=1S/C24H21NO/c1-24(2,3)14-15-8-9-18-19-10-11-25-23-17-7-5-4-6-16(17)13-21(22(19)23)26-20(18)12-15/h4-13H,14H2,1-3H3. The van der Waals surface area contributed by atoms with Gasteiger partial charge in [-0.3, -0.25) is 4.98 Å². The Kier molecular flexibility index (Phi) is 3.14. The lowest BCUT2D eigenvalue weighted by Gasteiger charge is -2.24. The van der Waals surface area contributed by atoms with Gasteiger partial charge in [-0.1, -0.05) is 57.2 Å². The molecule has 26 heavy (non-hydrogen) atoms. The molecule has 0 aliphatic carbocycles. The zero-order valence-electron chi connectivity index (χ0n) is 15.3. The molecule has 1 aliphatic rings. The minimum atomic E-state index is 0.251. The quantitative estimate of drug-likeness (QED) is 0.315. The normalized spacial score (nSPS) is 12.9. The van der Waals surface area contributed by atoms with E-state index in [0.29, 0.717) is 0 Å². The molecular weight excluding hydrogens is 318 g/mol. The monoisotopic (exact) mass is 339 g/mol. The average molecular weight is 339 g/mol. The van der Waals surface area contributed by atoms with Gasteiger partial charge in [-0.15, -0.1) is 0 Å². The van der Waals surface area contributed by atoms with Crippen LogP contribution in [0.25, 0.3) is 32.8 Å². The first kappa shape index (κ1) is 15.4. The van der Waals surface area contributed by atoms with E-state index < -0.39 is 0 Å². The minimum absolute atomic E-state index is 0.251. The third-order valence-electron chi connectivity index (χ3n) is 4.99. The number of rotatable bonds is 1. The Bertz CT molecular complexity index is 1170. The van der Waals surface area contributed by atoms with E-state index in [1.54, 1.807) is 0 Å². The summed E-state index contributed by atoms with van der Waals surface area (Å²) < 4.78 is 6.37. The summed E-state index contributed by atoms with van der Waals surface area (Å²) in [5.41, 5.74) is 4.93. The van der Waals surface area contributed by atoms with Crippen LogP contribution in [0.4, 0.5) is 0 Å². The third kappa shape index (κ3) is 2.37. The van der Waals surface area contributed by atoms with Gasteiger partial charge >= 0.3 is 0 Å². The zero-order valence-corrected chi connectivity index (χ0v) is 15.3. The van der Waals surface area contributed by atoms with E-state index in [1.807, 2.05) is 6.20 Å². The Hall–Kier alpha value is -2.87. The molecule has 2 heteroatoms. The fraction of sp³-hybridized carbons (Fsp3) is 0.208. The second-order valence-corrected chi connectivity index (χ2v) is 8.35. The summed E-state index contributed by atoms with van der Waals surface area (Å²) in [6.45, 7) is 6.80. The van der Waals surface area contributed by atoms with E-state index in [1.165, 1.54) is 16.5 Å². The van der Waals surface area contributed by atoms with E-state index in [2.05, 4.69) is 80.4 Å². The fourth-order valence-electron chi connectivity index (χ4n) is 3.99. The molecule has 0 atom stereocenters. The first-order chi connectivity index (χ1) is 12.5. The summed E-state index contributed by atoms with van der Waals surface area (Å²) in [7, 11) is 0. The van der Waals surface area contributed by atoms with Crippen molar-refractivity contribution < 1.29 is 4.74 Å². The summed E-state index contributed by atoms with van der Waals surface area (Å²) in [4.78, 5) is 4.67. The van der Waals surface area contributed by atoms with Crippen molar-refractivity contribution in [1.29, 1.82) is 0 Å². The molecule has 0 bridgehead atoms. The van der Waals surface area contributed by atoms with Gasteiger partial charge in [0.25, 0.3) is 0 Å². The third-order valence-corrected chi connectivity index (χ3v) is 4.99. The molecule has 0 unspecified atom stereocenters.